The number of nitrogens with one attached hydrogen (secondary N) is 2. The number of halogens is 1. The molecule has 2 aromatic carbocycles. The van der Waals surface area contributed by atoms with Gasteiger partial charge >= 0.3 is 5.97 Å². The molecule has 2 amide bonds. The van der Waals surface area contributed by atoms with Crippen LogP contribution in [-0.4, -0.2) is 30.6 Å². The molecule has 0 saturated heterocycles. The Labute approximate surface area is 188 Å². The molecule has 0 aliphatic carbocycles. The molecule has 3 rings (SSSR count). The quantitative estimate of drug-likeness (QED) is 0.514. The van der Waals surface area contributed by atoms with Gasteiger partial charge in [-0.15, -0.1) is 0 Å². The van der Waals surface area contributed by atoms with Gasteiger partial charge in [0, 0.05) is 11.6 Å². The Morgan fingerprint density at radius 2 is 1.84 bits per heavy atom. The predicted octanol–water partition coefficient (Wildman–Crippen LogP) is 3.24. The van der Waals surface area contributed by atoms with E-state index in [1.54, 1.807) is 12.1 Å². The van der Waals surface area contributed by atoms with Gasteiger partial charge in [-0.25, -0.2) is 4.39 Å². The van der Waals surface area contributed by atoms with Crippen molar-refractivity contribution in [3.05, 3.63) is 76.1 Å². The maximum Gasteiger partial charge on any atom is 0.319 e. The van der Waals surface area contributed by atoms with E-state index in [0.717, 1.165) is 17.3 Å². The molecule has 2 aromatic rings. The second-order valence-electron chi connectivity index (χ2n) is 7.08. The van der Waals surface area contributed by atoms with E-state index in [1.165, 1.54) is 31.4 Å². The second kappa shape index (κ2) is 10.1. The Morgan fingerprint density at radius 3 is 2.44 bits per heavy atom. The van der Waals surface area contributed by atoms with E-state index in [4.69, 9.17) is 4.74 Å². The molecule has 9 heteroatoms. The monoisotopic (exact) mass is 453 g/mol. The fraction of sp³-hybridized carbons (Fsp3) is 0.217. The highest BCUT2D eigenvalue weighted by atomic mass is 32.2. The van der Waals surface area contributed by atoms with Crippen molar-refractivity contribution in [2.24, 2.45) is 5.92 Å². The lowest BCUT2D eigenvalue weighted by Gasteiger charge is -2.31. The third-order valence-electron chi connectivity index (χ3n) is 4.90. The number of amides is 2. The maximum absolute atomic E-state index is 13.0. The van der Waals surface area contributed by atoms with E-state index in [0.29, 0.717) is 11.3 Å². The summed E-state index contributed by atoms with van der Waals surface area (Å²) in [6, 6.07) is 14.6. The van der Waals surface area contributed by atoms with Crippen LogP contribution in [0.4, 0.5) is 10.1 Å². The van der Waals surface area contributed by atoms with Gasteiger partial charge in [0.2, 0.25) is 11.8 Å². The molecule has 1 aliphatic heterocycles. The van der Waals surface area contributed by atoms with Crippen LogP contribution in [0.2, 0.25) is 0 Å². The standard InChI is InChI=1S/C23H20FN3O4S/c1-13-3-5-14(6-4-13)19-17(11-25)22(27-21(29)20(19)23(30)31-2)32-12-18(28)26-16-9-7-15(24)8-10-16/h3-10,19-20H,12H2,1-2H3,(H,26,28)(H,27,29)/t19-,20-/m0/s1. The van der Waals surface area contributed by atoms with Gasteiger partial charge in [-0.05, 0) is 36.8 Å². The number of ether oxygens (including phenoxy) is 1. The van der Waals surface area contributed by atoms with Gasteiger partial charge in [-0.2, -0.15) is 5.26 Å². The van der Waals surface area contributed by atoms with E-state index in [1.807, 2.05) is 19.1 Å². The topological polar surface area (TPSA) is 108 Å². The van der Waals surface area contributed by atoms with Crippen LogP contribution in [0.15, 0.2) is 59.1 Å². The zero-order chi connectivity index (χ0) is 23.3. The summed E-state index contributed by atoms with van der Waals surface area (Å²) in [5.74, 6) is -4.36. The third kappa shape index (κ3) is 5.15. The van der Waals surface area contributed by atoms with E-state index in [9.17, 15) is 24.0 Å². The van der Waals surface area contributed by atoms with Gasteiger partial charge in [0.25, 0.3) is 0 Å². The van der Waals surface area contributed by atoms with Crippen molar-refractivity contribution in [2.45, 2.75) is 12.8 Å². The van der Waals surface area contributed by atoms with Crippen molar-refractivity contribution >= 4 is 35.2 Å². The Bertz CT molecular complexity index is 1110. The number of benzene rings is 2. The molecule has 32 heavy (non-hydrogen) atoms. The lowest BCUT2D eigenvalue weighted by atomic mass is 9.78. The zero-order valence-corrected chi connectivity index (χ0v) is 18.2. The SMILES string of the molecule is COC(=O)[C@@H]1C(=O)NC(SCC(=O)Nc2ccc(F)cc2)=C(C#N)[C@@H]1c1ccc(C)cc1. The van der Waals surface area contributed by atoms with Crippen molar-refractivity contribution in [3.63, 3.8) is 0 Å². The summed E-state index contributed by atoms with van der Waals surface area (Å²) in [5.41, 5.74) is 2.19. The molecule has 0 unspecified atom stereocenters. The lowest BCUT2D eigenvalue weighted by Crippen LogP contribution is -2.44. The number of carbonyl (C=O) groups excluding carboxylic acids is 3. The number of nitriles is 1. The minimum absolute atomic E-state index is 0.109. The van der Waals surface area contributed by atoms with Crippen molar-refractivity contribution in [1.29, 1.82) is 5.26 Å². The lowest BCUT2D eigenvalue weighted by molar-refractivity contribution is -0.150. The van der Waals surface area contributed by atoms with E-state index < -0.39 is 35.4 Å². The third-order valence-corrected chi connectivity index (χ3v) is 5.91. The number of esters is 1. The maximum atomic E-state index is 13.0. The largest absolute Gasteiger partial charge is 0.468 e. The van der Waals surface area contributed by atoms with Crippen molar-refractivity contribution in [1.82, 2.24) is 5.32 Å². The normalized spacial score (nSPS) is 17.9. The van der Waals surface area contributed by atoms with Crippen LogP contribution in [0.5, 0.6) is 0 Å². The summed E-state index contributed by atoms with van der Waals surface area (Å²) in [7, 11) is 1.18. The average Bonchev–Trinajstić information content (AvgIpc) is 2.78. The number of carbonyl (C=O) groups is 3. The molecule has 2 N–H and O–H groups in total. The summed E-state index contributed by atoms with van der Waals surface area (Å²) < 4.78 is 17.8. The fourth-order valence-corrected chi connectivity index (χ4v) is 4.17. The predicted molar refractivity (Wildman–Crippen MR) is 118 cm³/mol. The van der Waals surface area contributed by atoms with Gasteiger partial charge in [0.1, 0.15) is 11.7 Å². The first kappa shape index (κ1) is 23.0. The highest BCUT2D eigenvalue weighted by molar-refractivity contribution is 8.03. The molecule has 7 nitrogen and oxygen atoms in total. The summed E-state index contributed by atoms with van der Waals surface area (Å²) in [4.78, 5) is 37.5. The van der Waals surface area contributed by atoms with Crippen LogP contribution in [0, 0.1) is 30.0 Å². The Morgan fingerprint density at radius 1 is 1.19 bits per heavy atom. The highest BCUT2D eigenvalue weighted by Crippen LogP contribution is 2.40. The summed E-state index contributed by atoms with van der Waals surface area (Å²) in [6.45, 7) is 1.90. The van der Waals surface area contributed by atoms with Gasteiger partial charge in [0.05, 0.1) is 29.5 Å². The Kier molecular flexibility index (Phi) is 7.28. The van der Waals surface area contributed by atoms with Crippen molar-refractivity contribution in [3.8, 4) is 6.07 Å². The minimum Gasteiger partial charge on any atom is -0.468 e. The number of methoxy groups -OCH3 is 1. The van der Waals surface area contributed by atoms with Crippen LogP contribution >= 0.6 is 11.8 Å². The molecular weight excluding hydrogens is 433 g/mol. The average molecular weight is 453 g/mol. The van der Waals surface area contributed by atoms with Crippen LogP contribution in [-0.2, 0) is 19.1 Å². The number of allylic oxidation sites excluding steroid dienone is 1. The van der Waals surface area contributed by atoms with Crippen molar-refractivity contribution < 1.29 is 23.5 Å². The van der Waals surface area contributed by atoms with Crippen LogP contribution in [0.3, 0.4) is 0 Å². The number of nitrogens with zero attached hydrogens (tertiary/aromatic N) is 1. The minimum atomic E-state index is -1.23. The summed E-state index contributed by atoms with van der Waals surface area (Å²) in [6.07, 6.45) is 0. The number of aryl methyl sites for hydroxylation is 1. The molecule has 0 spiro atoms. The van der Waals surface area contributed by atoms with Gasteiger partial charge in [0.15, 0.2) is 0 Å². The van der Waals surface area contributed by atoms with Gasteiger partial charge in [-0.3, -0.25) is 14.4 Å². The van der Waals surface area contributed by atoms with E-state index in [2.05, 4.69) is 16.7 Å². The Hall–Kier alpha value is -3.64. The van der Waals surface area contributed by atoms with Gasteiger partial charge in [-0.1, -0.05) is 41.6 Å². The molecule has 0 aromatic heterocycles. The summed E-state index contributed by atoms with van der Waals surface area (Å²) >= 11 is 0.974. The Balaban J connectivity index is 1.87. The smallest absolute Gasteiger partial charge is 0.319 e. The fourth-order valence-electron chi connectivity index (χ4n) is 3.32. The zero-order valence-electron chi connectivity index (χ0n) is 17.3. The van der Waals surface area contributed by atoms with Crippen molar-refractivity contribution in [2.75, 3.05) is 18.2 Å². The molecule has 164 valence electrons. The molecule has 0 radical (unpaired) electrons. The molecule has 1 aliphatic rings. The van der Waals surface area contributed by atoms with Crippen LogP contribution < -0.4 is 10.6 Å². The highest BCUT2D eigenvalue weighted by Gasteiger charge is 2.44. The van der Waals surface area contributed by atoms with E-state index >= 15 is 0 Å². The number of rotatable bonds is 6. The number of hydrogen-bond acceptors (Lipinski definition) is 6. The molecule has 0 saturated carbocycles. The molecular formula is C23H20FN3O4S. The molecule has 0 bridgehead atoms. The number of hydrogen-bond donors (Lipinski definition) is 2. The number of thioether (sulfide) groups is 1. The van der Waals surface area contributed by atoms with E-state index in [-0.39, 0.29) is 16.4 Å². The first-order valence-electron chi connectivity index (χ1n) is 9.61. The molecule has 2 atom stereocenters. The summed E-state index contributed by atoms with van der Waals surface area (Å²) in [5, 5.41) is 15.3. The van der Waals surface area contributed by atoms with Gasteiger partial charge < -0.3 is 15.4 Å². The van der Waals surface area contributed by atoms with Crippen LogP contribution in [0.25, 0.3) is 0 Å². The van der Waals surface area contributed by atoms with Crippen LogP contribution in [0.1, 0.15) is 17.0 Å². The first-order valence-corrected chi connectivity index (χ1v) is 10.6. The second-order valence-corrected chi connectivity index (χ2v) is 8.06. The molecule has 0 fully saturated rings. The number of anilines is 1. The first-order chi connectivity index (χ1) is 15.3. The molecule has 1 heterocycles.